The molecule has 0 aliphatic rings. The van der Waals surface area contributed by atoms with Gasteiger partial charge in [0, 0.05) is 11.1 Å². The molecule has 2 amide bonds. The molecule has 0 saturated heterocycles. The molecule has 0 bridgehead atoms. The molecule has 1 atom stereocenters. The van der Waals surface area contributed by atoms with Gasteiger partial charge in [0.05, 0.1) is 16.3 Å². The van der Waals surface area contributed by atoms with Crippen molar-refractivity contribution in [2.45, 2.75) is 26.8 Å². The predicted octanol–water partition coefficient (Wildman–Crippen LogP) is 4.21. The molecule has 0 fully saturated rings. The predicted molar refractivity (Wildman–Crippen MR) is 109 cm³/mol. The Morgan fingerprint density at radius 1 is 1.07 bits per heavy atom. The van der Waals surface area contributed by atoms with Crippen LogP contribution in [0.4, 0.5) is 0 Å². The van der Waals surface area contributed by atoms with E-state index in [1.165, 1.54) is 6.21 Å². The molecule has 2 rings (SSSR count). The highest BCUT2D eigenvalue weighted by atomic mass is 35.5. The first-order valence-corrected chi connectivity index (χ1v) is 9.19. The van der Waals surface area contributed by atoms with Crippen molar-refractivity contribution in [1.82, 2.24) is 10.7 Å². The minimum atomic E-state index is -0.731. The molecule has 0 aliphatic carbocycles. The van der Waals surface area contributed by atoms with Gasteiger partial charge in [0.2, 0.25) is 0 Å². The fourth-order valence-electron chi connectivity index (χ4n) is 2.32. The van der Waals surface area contributed by atoms with E-state index in [4.69, 9.17) is 23.2 Å². The number of aryl methyl sites for hydroxylation is 1. The van der Waals surface area contributed by atoms with Gasteiger partial charge in [0.1, 0.15) is 6.04 Å². The third-order valence-electron chi connectivity index (χ3n) is 3.91. The highest BCUT2D eigenvalue weighted by molar-refractivity contribution is 6.43. The van der Waals surface area contributed by atoms with Gasteiger partial charge in [0.25, 0.3) is 11.8 Å². The first-order valence-electron chi connectivity index (χ1n) is 8.44. The number of amides is 2. The Morgan fingerprint density at radius 3 is 2.37 bits per heavy atom. The van der Waals surface area contributed by atoms with Gasteiger partial charge < -0.3 is 5.32 Å². The monoisotopic (exact) mass is 405 g/mol. The Balaban J connectivity index is 2.04. The third kappa shape index (κ3) is 5.81. The van der Waals surface area contributed by atoms with Crippen LogP contribution in [0.3, 0.4) is 0 Å². The lowest BCUT2D eigenvalue weighted by molar-refractivity contribution is -0.123. The molecule has 142 valence electrons. The van der Waals surface area contributed by atoms with E-state index in [1.807, 2.05) is 32.9 Å². The van der Waals surface area contributed by atoms with E-state index in [1.54, 1.807) is 30.3 Å². The molecule has 0 radical (unpaired) electrons. The summed E-state index contributed by atoms with van der Waals surface area (Å²) in [5.41, 5.74) is 4.57. The normalized spacial score (nSPS) is 12.2. The zero-order valence-electron chi connectivity index (χ0n) is 15.3. The highest BCUT2D eigenvalue weighted by Crippen LogP contribution is 2.24. The molecule has 0 aromatic heterocycles. The van der Waals surface area contributed by atoms with Crippen LogP contribution in [-0.2, 0) is 4.79 Å². The lowest BCUT2D eigenvalue weighted by Gasteiger charge is -2.20. The van der Waals surface area contributed by atoms with Crippen LogP contribution in [0.5, 0.6) is 0 Å². The van der Waals surface area contributed by atoms with E-state index < -0.39 is 11.9 Å². The summed E-state index contributed by atoms with van der Waals surface area (Å²) in [6.07, 6.45) is 1.41. The van der Waals surface area contributed by atoms with Gasteiger partial charge in [0.15, 0.2) is 0 Å². The fourth-order valence-corrected chi connectivity index (χ4v) is 2.68. The van der Waals surface area contributed by atoms with Crippen molar-refractivity contribution >= 4 is 41.2 Å². The summed E-state index contributed by atoms with van der Waals surface area (Å²) in [5.74, 6) is -0.852. The summed E-state index contributed by atoms with van der Waals surface area (Å²) in [6.45, 7) is 5.63. The van der Waals surface area contributed by atoms with Crippen LogP contribution in [-0.4, -0.2) is 24.1 Å². The van der Waals surface area contributed by atoms with Crippen molar-refractivity contribution in [2.24, 2.45) is 11.0 Å². The van der Waals surface area contributed by atoms with E-state index in [0.717, 1.165) is 5.56 Å². The Bertz CT molecular complexity index is 849. The molecule has 7 heteroatoms. The van der Waals surface area contributed by atoms with Gasteiger partial charge in [-0.05, 0) is 31.0 Å². The van der Waals surface area contributed by atoms with Crippen LogP contribution < -0.4 is 10.7 Å². The molecule has 27 heavy (non-hydrogen) atoms. The second kappa shape index (κ2) is 9.53. The van der Waals surface area contributed by atoms with Crippen LogP contribution in [0.25, 0.3) is 0 Å². The Morgan fingerprint density at radius 2 is 1.74 bits per heavy atom. The SMILES string of the molecule is Cc1ccc(C(=O)NC(C(=O)N/N=C/c2cccc(Cl)c2Cl)C(C)C)cc1. The number of hydrogen-bond acceptors (Lipinski definition) is 3. The number of nitrogens with one attached hydrogen (secondary N) is 2. The highest BCUT2D eigenvalue weighted by Gasteiger charge is 2.24. The molecular formula is C20H21Cl2N3O2. The van der Waals surface area contributed by atoms with Gasteiger partial charge in [-0.2, -0.15) is 5.10 Å². The molecule has 1 unspecified atom stereocenters. The number of carbonyl (C=O) groups is 2. The van der Waals surface area contributed by atoms with Crippen LogP contribution in [0, 0.1) is 12.8 Å². The largest absolute Gasteiger partial charge is 0.340 e. The lowest BCUT2D eigenvalue weighted by atomic mass is 10.0. The first-order chi connectivity index (χ1) is 12.8. The Labute approximate surface area is 168 Å². The average Bonchev–Trinajstić information content (AvgIpc) is 2.63. The number of rotatable bonds is 6. The van der Waals surface area contributed by atoms with E-state index in [-0.39, 0.29) is 11.8 Å². The van der Waals surface area contributed by atoms with Crippen LogP contribution >= 0.6 is 23.2 Å². The smallest absolute Gasteiger partial charge is 0.262 e. The summed E-state index contributed by atoms with van der Waals surface area (Å²) < 4.78 is 0. The van der Waals surface area contributed by atoms with Gasteiger partial charge >= 0.3 is 0 Å². The maximum Gasteiger partial charge on any atom is 0.262 e. The lowest BCUT2D eigenvalue weighted by Crippen LogP contribution is -2.48. The quantitative estimate of drug-likeness (QED) is 0.558. The summed E-state index contributed by atoms with van der Waals surface area (Å²) in [4.78, 5) is 24.8. The Kier molecular flexibility index (Phi) is 7.39. The molecular weight excluding hydrogens is 385 g/mol. The summed E-state index contributed by atoms with van der Waals surface area (Å²) in [7, 11) is 0. The number of nitrogens with zero attached hydrogens (tertiary/aromatic N) is 1. The molecule has 0 spiro atoms. The zero-order chi connectivity index (χ0) is 20.0. The standard InChI is InChI=1S/C20H21Cl2N3O2/c1-12(2)18(24-19(26)14-9-7-13(3)8-10-14)20(27)25-23-11-15-5-4-6-16(21)17(15)22/h4-12,18H,1-3H3,(H,24,26)(H,25,27)/b23-11+. The molecule has 2 aromatic carbocycles. The van der Waals surface area contributed by atoms with Crippen molar-refractivity contribution in [3.63, 3.8) is 0 Å². The number of benzene rings is 2. The maximum atomic E-state index is 12.4. The minimum Gasteiger partial charge on any atom is -0.340 e. The van der Waals surface area contributed by atoms with Crippen LogP contribution in [0.2, 0.25) is 10.0 Å². The number of hydrazone groups is 1. The number of hydrogen-bond donors (Lipinski definition) is 2. The summed E-state index contributed by atoms with van der Waals surface area (Å²) >= 11 is 12.0. The minimum absolute atomic E-state index is 0.121. The van der Waals surface area contributed by atoms with Crippen molar-refractivity contribution in [3.05, 3.63) is 69.2 Å². The molecule has 0 aliphatic heterocycles. The second-order valence-electron chi connectivity index (χ2n) is 6.44. The van der Waals surface area contributed by atoms with Crippen LogP contribution in [0.15, 0.2) is 47.6 Å². The molecule has 5 nitrogen and oxygen atoms in total. The Hall–Kier alpha value is -2.37. The number of carbonyl (C=O) groups excluding carboxylic acids is 2. The van der Waals surface area contributed by atoms with Crippen molar-refractivity contribution in [1.29, 1.82) is 0 Å². The van der Waals surface area contributed by atoms with E-state index >= 15 is 0 Å². The zero-order valence-corrected chi connectivity index (χ0v) is 16.8. The third-order valence-corrected chi connectivity index (χ3v) is 4.74. The molecule has 2 aromatic rings. The number of halogens is 2. The summed E-state index contributed by atoms with van der Waals surface area (Å²) in [5, 5.41) is 7.42. The molecule has 2 N–H and O–H groups in total. The van der Waals surface area contributed by atoms with Gasteiger partial charge in [-0.15, -0.1) is 0 Å². The molecule has 0 heterocycles. The van der Waals surface area contributed by atoms with Crippen molar-refractivity contribution in [3.8, 4) is 0 Å². The van der Waals surface area contributed by atoms with Crippen molar-refractivity contribution in [2.75, 3.05) is 0 Å². The summed E-state index contributed by atoms with van der Waals surface area (Å²) in [6, 6.07) is 11.5. The maximum absolute atomic E-state index is 12.4. The fraction of sp³-hybridized carbons (Fsp3) is 0.250. The second-order valence-corrected chi connectivity index (χ2v) is 7.22. The topological polar surface area (TPSA) is 70.6 Å². The molecule has 0 saturated carbocycles. The van der Waals surface area contributed by atoms with E-state index in [2.05, 4.69) is 15.8 Å². The van der Waals surface area contributed by atoms with E-state index in [0.29, 0.717) is 21.2 Å². The van der Waals surface area contributed by atoms with Gasteiger partial charge in [-0.1, -0.05) is 66.9 Å². The average molecular weight is 406 g/mol. The van der Waals surface area contributed by atoms with Crippen LogP contribution in [0.1, 0.15) is 35.3 Å². The van der Waals surface area contributed by atoms with E-state index in [9.17, 15) is 9.59 Å². The van der Waals surface area contributed by atoms with Crippen molar-refractivity contribution < 1.29 is 9.59 Å². The van der Waals surface area contributed by atoms with Gasteiger partial charge in [-0.3, -0.25) is 9.59 Å². The first kappa shape index (κ1) is 20.9. The van der Waals surface area contributed by atoms with Gasteiger partial charge in [-0.25, -0.2) is 5.43 Å².